The van der Waals surface area contributed by atoms with Crippen LogP contribution in [0.1, 0.15) is 57.2 Å². The number of fused-ring (bicyclic) bond motifs is 2. The molecule has 10 heteroatoms. The fraction of sp³-hybridized carbons (Fsp3) is 0.559. The molecule has 1 N–H and O–H groups in total. The lowest BCUT2D eigenvalue weighted by molar-refractivity contribution is -0.127. The second kappa shape index (κ2) is 12.8. The summed E-state index contributed by atoms with van der Waals surface area (Å²) in [7, 11) is 2.07. The zero-order valence-corrected chi connectivity index (χ0v) is 27.3. The number of ether oxygens (including phenoxy) is 1. The van der Waals surface area contributed by atoms with Crippen LogP contribution in [0.3, 0.4) is 0 Å². The van der Waals surface area contributed by atoms with Crippen molar-refractivity contribution < 1.29 is 17.9 Å². The number of methoxy groups -OCH3 is 1. The maximum atomic E-state index is 14.2. The molecular formula is C34H47N5O4S. The normalized spacial score (nSPS) is 24.7. The number of sulfonamides is 1. The number of rotatable bonds is 8. The van der Waals surface area contributed by atoms with Gasteiger partial charge in [-0.25, -0.2) is 8.42 Å². The van der Waals surface area contributed by atoms with Crippen molar-refractivity contribution in [2.75, 3.05) is 40.8 Å². The van der Waals surface area contributed by atoms with Gasteiger partial charge in [-0.1, -0.05) is 19.1 Å². The van der Waals surface area contributed by atoms with Gasteiger partial charge in [0.1, 0.15) is 5.75 Å². The van der Waals surface area contributed by atoms with Crippen LogP contribution in [0.25, 0.3) is 10.8 Å². The summed E-state index contributed by atoms with van der Waals surface area (Å²) in [6, 6.07) is 15.4. The molecule has 2 aromatic carbocycles. The number of aromatic nitrogens is 1. The fourth-order valence-corrected chi connectivity index (χ4v) is 9.36. The average Bonchev–Trinajstić information content (AvgIpc) is 3.52. The summed E-state index contributed by atoms with van der Waals surface area (Å²) in [6.45, 7) is 4.95. The number of likely N-dealkylation sites (tertiary alicyclic amines) is 1. The minimum atomic E-state index is -3.89. The number of nitrogens with one attached hydrogen (secondary N) is 1. The lowest BCUT2D eigenvalue weighted by Gasteiger charge is -2.43. The Bertz CT molecular complexity index is 1580. The van der Waals surface area contributed by atoms with Gasteiger partial charge in [-0.05, 0) is 113 Å². The van der Waals surface area contributed by atoms with Gasteiger partial charge in [0, 0.05) is 43.1 Å². The quantitative estimate of drug-likeness (QED) is 0.399. The molecule has 4 atom stereocenters. The Balaban J connectivity index is 1.19. The molecule has 4 unspecified atom stereocenters. The second-order valence-electron chi connectivity index (χ2n) is 13.1. The third kappa shape index (κ3) is 6.14. The Kier molecular flexibility index (Phi) is 9.06. The molecule has 1 aliphatic carbocycles. The first-order chi connectivity index (χ1) is 21.2. The maximum absolute atomic E-state index is 14.2. The van der Waals surface area contributed by atoms with Crippen LogP contribution in [0.15, 0.2) is 59.6 Å². The number of piperidine rings is 1. The number of carbonyl (C=O) groups is 1. The molecule has 9 nitrogen and oxygen atoms in total. The predicted octanol–water partition coefficient (Wildman–Crippen LogP) is 4.49. The topological polar surface area (TPSA) is 87.1 Å². The van der Waals surface area contributed by atoms with Gasteiger partial charge in [0.2, 0.25) is 15.9 Å². The monoisotopic (exact) mass is 621 g/mol. The number of nitrogens with zero attached hydrogens (tertiary/aromatic N) is 4. The van der Waals surface area contributed by atoms with E-state index in [1.165, 1.54) is 19.3 Å². The highest BCUT2D eigenvalue weighted by Gasteiger charge is 2.42. The van der Waals surface area contributed by atoms with Crippen LogP contribution in [0.2, 0.25) is 0 Å². The Labute approximate surface area is 262 Å². The summed E-state index contributed by atoms with van der Waals surface area (Å²) in [5, 5.41) is 5.10. The Hall–Kier alpha value is -2.92. The Morgan fingerprint density at radius 2 is 1.73 bits per heavy atom. The minimum Gasteiger partial charge on any atom is -0.497 e. The number of hydrogen-bond acceptors (Lipinski definition) is 6. The summed E-state index contributed by atoms with van der Waals surface area (Å²) < 4.78 is 37.5. The van der Waals surface area contributed by atoms with E-state index in [9.17, 15) is 13.2 Å². The van der Waals surface area contributed by atoms with Crippen molar-refractivity contribution >= 4 is 26.7 Å². The lowest BCUT2D eigenvalue weighted by atomic mass is 9.87. The molecule has 0 spiro atoms. The van der Waals surface area contributed by atoms with Crippen molar-refractivity contribution in [3.63, 3.8) is 0 Å². The summed E-state index contributed by atoms with van der Waals surface area (Å²) in [6.07, 6.45) is 8.55. The van der Waals surface area contributed by atoms with Crippen molar-refractivity contribution in [3.8, 4) is 5.75 Å². The van der Waals surface area contributed by atoms with Crippen LogP contribution in [-0.4, -0.2) is 92.0 Å². The van der Waals surface area contributed by atoms with E-state index < -0.39 is 22.0 Å². The van der Waals surface area contributed by atoms with Gasteiger partial charge in [-0.3, -0.25) is 4.79 Å². The molecule has 2 aliphatic heterocycles. The van der Waals surface area contributed by atoms with E-state index in [4.69, 9.17) is 4.74 Å². The third-order valence-electron chi connectivity index (χ3n) is 10.3. The van der Waals surface area contributed by atoms with E-state index in [0.29, 0.717) is 25.2 Å². The summed E-state index contributed by atoms with van der Waals surface area (Å²) in [5.74, 6) is 0.0926. The number of amides is 1. The number of benzene rings is 2. The molecule has 238 valence electrons. The minimum absolute atomic E-state index is 0.0765. The molecule has 3 aliphatic rings. The molecule has 2 fully saturated rings. The van der Waals surface area contributed by atoms with Gasteiger partial charge >= 0.3 is 0 Å². The fourth-order valence-electron chi connectivity index (χ4n) is 7.66. The third-order valence-corrected chi connectivity index (χ3v) is 12.2. The van der Waals surface area contributed by atoms with E-state index in [1.807, 2.05) is 49.5 Å². The van der Waals surface area contributed by atoms with E-state index in [0.717, 1.165) is 54.6 Å². The number of carbonyl (C=O) groups excluding carboxylic acids is 1. The zero-order chi connectivity index (χ0) is 31.0. The van der Waals surface area contributed by atoms with Crippen molar-refractivity contribution in [1.82, 2.24) is 24.0 Å². The summed E-state index contributed by atoms with van der Waals surface area (Å²) in [4.78, 5) is 19.1. The van der Waals surface area contributed by atoms with E-state index >= 15 is 0 Å². The van der Waals surface area contributed by atoms with Crippen LogP contribution >= 0.6 is 0 Å². The summed E-state index contributed by atoms with van der Waals surface area (Å²) >= 11 is 0. The van der Waals surface area contributed by atoms with Crippen molar-refractivity contribution in [2.24, 2.45) is 5.92 Å². The van der Waals surface area contributed by atoms with Gasteiger partial charge in [-0.2, -0.15) is 4.31 Å². The molecule has 1 aromatic heterocycles. The van der Waals surface area contributed by atoms with Crippen LogP contribution in [0.5, 0.6) is 5.75 Å². The van der Waals surface area contributed by atoms with Gasteiger partial charge < -0.3 is 24.4 Å². The molecule has 0 bridgehead atoms. The van der Waals surface area contributed by atoms with Gasteiger partial charge in [-0.15, -0.1) is 0 Å². The molecule has 1 saturated carbocycles. The molecule has 1 amide bonds. The summed E-state index contributed by atoms with van der Waals surface area (Å²) in [5.41, 5.74) is 0.860. The second-order valence-corrected chi connectivity index (χ2v) is 15.0. The average molecular weight is 622 g/mol. The largest absolute Gasteiger partial charge is 0.497 e. The van der Waals surface area contributed by atoms with Crippen LogP contribution in [0.4, 0.5) is 0 Å². The Morgan fingerprint density at radius 1 is 0.977 bits per heavy atom. The molecule has 3 aromatic rings. The van der Waals surface area contributed by atoms with Crippen molar-refractivity contribution in [2.45, 2.75) is 81.1 Å². The molecule has 44 heavy (non-hydrogen) atoms. The van der Waals surface area contributed by atoms with Gasteiger partial charge in [0.15, 0.2) is 0 Å². The lowest BCUT2D eigenvalue weighted by Crippen LogP contribution is -2.52. The SMILES string of the molecule is COc1ccc2cc(S(=O)(=O)N3CCn4cccc4C3C(C)C(=O)NC3CCCC(N4CCC(N(C)C)CC4)C3)ccc2c1. The highest BCUT2D eigenvalue weighted by molar-refractivity contribution is 7.89. The predicted molar refractivity (Wildman–Crippen MR) is 173 cm³/mol. The van der Waals surface area contributed by atoms with Crippen LogP contribution in [-0.2, 0) is 21.4 Å². The van der Waals surface area contributed by atoms with Crippen molar-refractivity contribution in [1.29, 1.82) is 0 Å². The molecule has 0 radical (unpaired) electrons. The molecule has 1 saturated heterocycles. The standard InChI is InChI=1S/C34H47N5O4S/c1-24(34(40)35-27-7-5-8-29(23-27)37-17-14-28(15-18-37)36(2)3)33-32-9-6-16-38(32)19-20-39(33)44(41,42)31-13-11-25-21-30(43-4)12-10-26(25)22-31/h6,9-13,16,21-22,24,27-29,33H,5,7-8,14-15,17-20,23H2,1-4H3,(H,35,40). The number of hydrogen-bond donors (Lipinski definition) is 1. The highest BCUT2D eigenvalue weighted by atomic mass is 32.2. The first kappa shape index (κ1) is 31.1. The van der Waals surface area contributed by atoms with E-state index in [-0.39, 0.29) is 16.8 Å². The zero-order valence-electron chi connectivity index (χ0n) is 26.5. The van der Waals surface area contributed by atoms with Crippen LogP contribution in [0, 0.1) is 5.92 Å². The molecule has 6 rings (SSSR count). The van der Waals surface area contributed by atoms with Gasteiger partial charge in [0.25, 0.3) is 0 Å². The van der Waals surface area contributed by atoms with Crippen molar-refractivity contribution in [3.05, 3.63) is 60.4 Å². The van der Waals surface area contributed by atoms with E-state index in [1.54, 1.807) is 23.5 Å². The highest BCUT2D eigenvalue weighted by Crippen LogP contribution is 2.38. The first-order valence-electron chi connectivity index (χ1n) is 16.1. The van der Waals surface area contributed by atoms with E-state index in [2.05, 4.69) is 33.8 Å². The molecular weight excluding hydrogens is 574 g/mol. The van der Waals surface area contributed by atoms with Crippen LogP contribution < -0.4 is 10.1 Å². The smallest absolute Gasteiger partial charge is 0.243 e. The van der Waals surface area contributed by atoms with Gasteiger partial charge in [0.05, 0.1) is 24.0 Å². The maximum Gasteiger partial charge on any atom is 0.243 e. The first-order valence-corrected chi connectivity index (χ1v) is 17.5. The molecule has 3 heterocycles. The Morgan fingerprint density at radius 3 is 2.48 bits per heavy atom.